The predicted molar refractivity (Wildman–Crippen MR) is 123 cm³/mol. The summed E-state index contributed by atoms with van der Waals surface area (Å²) in [4.78, 5) is 29.1. The summed E-state index contributed by atoms with van der Waals surface area (Å²) in [6.07, 6.45) is 4.97. The van der Waals surface area contributed by atoms with Gasteiger partial charge in [-0.25, -0.2) is 15.0 Å². The number of benzene rings is 1. The lowest BCUT2D eigenvalue weighted by molar-refractivity contribution is 0.344. The fourth-order valence-corrected chi connectivity index (χ4v) is 3.77. The summed E-state index contributed by atoms with van der Waals surface area (Å²) in [5.74, 6) is 3.45. The van der Waals surface area contributed by atoms with E-state index in [4.69, 9.17) is 15.7 Å². The van der Waals surface area contributed by atoms with E-state index >= 15 is 0 Å². The highest BCUT2D eigenvalue weighted by atomic mass is 35.5. The topological polar surface area (TPSA) is 110 Å². The van der Waals surface area contributed by atoms with Crippen molar-refractivity contribution in [1.29, 1.82) is 0 Å². The lowest BCUT2D eigenvalue weighted by atomic mass is 9.78. The van der Waals surface area contributed by atoms with Crippen LogP contribution in [0.25, 0.3) is 10.9 Å². The number of fused-ring (bicyclic) bond motifs is 1. The molecule has 7 nitrogen and oxygen atoms in total. The Morgan fingerprint density at radius 2 is 1.83 bits per heavy atom. The zero-order valence-electron chi connectivity index (χ0n) is 16.5. The SMILES string of the molecule is Cl.Cl.NC1CC(c2cc(NCCc3nc4ccccc4c(=O)[nH]3)nc(C3CC3)n2)C1. The lowest BCUT2D eigenvalue weighted by Crippen LogP contribution is -2.35. The lowest BCUT2D eigenvalue weighted by Gasteiger charge is -2.32. The molecular weight excluding hydrogens is 423 g/mol. The van der Waals surface area contributed by atoms with Crippen molar-refractivity contribution in [2.45, 2.75) is 50.0 Å². The van der Waals surface area contributed by atoms with Crippen LogP contribution in [0.3, 0.4) is 0 Å². The van der Waals surface area contributed by atoms with Crippen LogP contribution >= 0.6 is 24.8 Å². The van der Waals surface area contributed by atoms with Gasteiger partial charge in [0, 0.05) is 42.6 Å². The van der Waals surface area contributed by atoms with Gasteiger partial charge in [-0.3, -0.25) is 4.79 Å². The molecule has 1 aromatic carbocycles. The Morgan fingerprint density at radius 1 is 1.07 bits per heavy atom. The Bertz CT molecular complexity index is 1080. The van der Waals surface area contributed by atoms with Crippen LogP contribution in [0.5, 0.6) is 0 Å². The fraction of sp³-hybridized carbons (Fsp3) is 0.429. The first-order valence-corrected chi connectivity index (χ1v) is 10.0. The van der Waals surface area contributed by atoms with Gasteiger partial charge < -0.3 is 16.0 Å². The van der Waals surface area contributed by atoms with Crippen LogP contribution in [0.1, 0.15) is 54.9 Å². The number of para-hydroxylation sites is 1. The minimum Gasteiger partial charge on any atom is -0.370 e. The Kier molecular flexibility index (Phi) is 6.95. The number of hydrogen-bond donors (Lipinski definition) is 3. The second kappa shape index (κ2) is 9.29. The van der Waals surface area contributed by atoms with Gasteiger partial charge in [-0.15, -0.1) is 24.8 Å². The van der Waals surface area contributed by atoms with E-state index in [1.54, 1.807) is 6.07 Å². The molecule has 30 heavy (non-hydrogen) atoms. The van der Waals surface area contributed by atoms with Crippen LogP contribution in [0.4, 0.5) is 5.82 Å². The van der Waals surface area contributed by atoms with Crippen molar-refractivity contribution in [2.24, 2.45) is 5.73 Å². The molecule has 0 saturated heterocycles. The fourth-order valence-electron chi connectivity index (χ4n) is 3.77. The summed E-state index contributed by atoms with van der Waals surface area (Å²) in [5.41, 5.74) is 7.70. The predicted octanol–water partition coefficient (Wildman–Crippen LogP) is 3.29. The largest absolute Gasteiger partial charge is 0.370 e. The maximum atomic E-state index is 12.2. The molecule has 0 unspecified atom stereocenters. The van der Waals surface area contributed by atoms with Gasteiger partial charge >= 0.3 is 0 Å². The highest BCUT2D eigenvalue weighted by Crippen LogP contribution is 2.41. The quantitative estimate of drug-likeness (QED) is 0.533. The van der Waals surface area contributed by atoms with E-state index in [0.717, 1.165) is 35.7 Å². The molecular formula is C21H26Cl2N6O. The number of anilines is 1. The van der Waals surface area contributed by atoms with E-state index in [1.807, 2.05) is 18.2 Å². The molecule has 4 N–H and O–H groups in total. The second-order valence-electron chi connectivity index (χ2n) is 7.95. The zero-order valence-corrected chi connectivity index (χ0v) is 18.1. The molecule has 2 fully saturated rings. The number of nitrogens with one attached hydrogen (secondary N) is 2. The molecule has 2 saturated carbocycles. The Hall–Kier alpha value is -2.22. The molecule has 2 aliphatic carbocycles. The summed E-state index contributed by atoms with van der Waals surface area (Å²) in [7, 11) is 0. The summed E-state index contributed by atoms with van der Waals surface area (Å²) >= 11 is 0. The molecule has 5 rings (SSSR count). The first-order valence-electron chi connectivity index (χ1n) is 10.0. The third-order valence-corrected chi connectivity index (χ3v) is 5.63. The van der Waals surface area contributed by atoms with Crippen molar-refractivity contribution in [1.82, 2.24) is 19.9 Å². The molecule has 0 amide bonds. The number of aromatic amines is 1. The van der Waals surface area contributed by atoms with E-state index in [2.05, 4.69) is 21.4 Å². The van der Waals surface area contributed by atoms with Gasteiger partial charge in [-0.1, -0.05) is 12.1 Å². The number of hydrogen-bond acceptors (Lipinski definition) is 6. The average Bonchev–Trinajstić information content (AvgIpc) is 3.51. The highest BCUT2D eigenvalue weighted by molar-refractivity contribution is 5.85. The molecule has 0 spiro atoms. The maximum Gasteiger partial charge on any atom is 0.258 e. The molecule has 9 heteroatoms. The van der Waals surface area contributed by atoms with Crippen molar-refractivity contribution in [2.75, 3.05) is 11.9 Å². The van der Waals surface area contributed by atoms with E-state index in [-0.39, 0.29) is 30.4 Å². The van der Waals surface area contributed by atoms with Gasteiger partial charge in [0.05, 0.1) is 10.9 Å². The number of nitrogens with two attached hydrogens (primary N) is 1. The van der Waals surface area contributed by atoms with Crippen LogP contribution in [0.2, 0.25) is 0 Å². The van der Waals surface area contributed by atoms with Gasteiger partial charge in [0.15, 0.2) is 0 Å². The zero-order chi connectivity index (χ0) is 19.1. The molecule has 0 radical (unpaired) electrons. The normalized spacial score (nSPS) is 20.0. The van der Waals surface area contributed by atoms with Crippen LogP contribution in [0, 0.1) is 0 Å². The molecule has 0 atom stereocenters. The van der Waals surface area contributed by atoms with Gasteiger partial charge in [0.2, 0.25) is 0 Å². The number of aromatic nitrogens is 4. The first kappa shape index (κ1) is 22.5. The minimum absolute atomic E-state index is 0. The van der Waals surface area contributed by atoms with Crippen molar-refractivity contribution in [3.05, 3.63) is 58.0 Å². The summed E-state index contributed by atoms with van der Waals surface area (Å²) in [5, 5.41) is 4.01. The number of H-pyrrole nitrogens is 1. The van der Waals surface area contributed by atoms with Gasteiger partial charge in [-0.05, 0) is 37.8 Å². The van der Waals surface area contributed by atoms with Crippen LogP contribution in [0.15, 0.2) is 35.1 Å². The minimum atomic E-state index is -0.0951. The Labute approximate surface area is 187 Å². The standard InChI is InChI=1S/C21H24N6O.2ClH/c22-14-9-13(10-14)17-11-19(26-20(25-17)12-5-6-12)23-8-7-18-24-16-4-2-1-3-15(16)21(28)27-18;;/h1-4,11-14H,5-10,22H2,(H,23,25,26)(H,24,27,28);2*1H. The van der Waals surface area contributed by atoms with E-state index < -0.39 is 0 Å². The third-order valence-electron chi connectivity index (χ3n) is 5.63. The van der Waals surface area contributed by atoms with E-state index in [0.29, 0.717) is 42.1 Å². The molecule has 2 heterocycles. The van der Waals surface area contributed by atoms with Crippen LogP contribution in [-0.2, 0) is 6.42 Å². The number of nitrogens with zero attached hydrogens (tertiary/aromatic N) is 3. The summed E-state index contributed by atoms with van der Waals surface area (Å²) < 4.78 is 0. The van der Waals surface area contributed by atoms with E-state index in [9.17, 15) is 4.79 Å². The molecule has 3 aromatic rings. The first-order chi connectivity index (χ1) is 13.7. The van der Waals surface area contributed by atoms with Crippen molar-refractivity contribution >= 4 is 41.5 Å². The maximum absolute atomic E-state index is 12.2. The van der Waals surface area contributed by atoms with Gasteiger partial charge in [0.1, 0.15) is 17.5 Å². The van der Waals surface area contributed by atoms with Crippen LogP contribution in [-0.4, -0.2) is 32.5 Å². The molecule has 160 valence electrons. The van der Waals surface area contributed by atoms with E-state index in [1.165, 1.54) is 12.8 Å². The molecule has 2 aromatic heterocycles. The molecule has 0 bridgehead atoms. The van der Waals surface area contributed by atoms with Crippen molar-refractivity contribution in [3.8, 4) is 0 Å². The van der Waals surface area contributed by atoms with Crippen LogP contribution < -0.4 is 16.6 Å². The Morgan fingerprint density at radius 3 is 2.57 bits per heavy atom. The molecule has 2 aliphatic rings. The Balaban J connectivity index is 0.00000128. The number of rotatable bonds is 6. The van der Waals surface area contributed by atoms with Gasteiger partial charge in [0.25, 0.3) is 5.56 Å². The summed E-state index contributed by atoms with van der Waals surface area (Å²) in [6, 6.07) is 9.75. The van der Waals surface area contributed by atoms with Gasteiger partial charge in [-0.2, -0.15) is 0 Å². The van der Waals surface area contributed by atoms with Crippen molar-refractivity contribution < 1.29 is 0 Å². The highest BCUT2D eigenvalue weighted by Gasteiger charge is 2.32. The summed E-state index contributed by atoms with van der Waals surface area (Å²) in [6.45, 7) is 0.645. The second-order valence-corrected chi connectivity index (χ2v) is 7.95. The van der Waals surface area contributed by atoms with Crippen molar-refractivity contribution in [3.63, 3.8) is 0 Å². The smallest absolute Gasteiger partial charge is 0.258 e. The average molecular weight is 449 g/mol. The third kappa shape index (κ3) is 4.74. The monoisotopic (exact) mass is 448 g/mol. The molecule has 0 aliphatic heterocycles. The number of halogens is 2.